The quantitative estimate of drug-likeness (QED) is 0.922. The number of aromatic nitrogens is 1. The Morgan fingerprint density at radius 3 is 2.83 bits per heavy atom. The highest BCUT2D eigenvalue weighted by molar-refractivity contribution is 6.31. The van der Waals surface area contributed by atoms with Crippen LogP contribution in [0.25, 0.3) is 0 Å². The van der Waals surface area contributed by atoms with Crippen LogP contribution in [0.1, 0.15) is 22.8 Å². The summed E-state index contributed by atoms with van der Waals surface area (Å²) in [5.74, 6) is -0.377. The predicted octanol–water partition coefficient (Wildman–Crippen LogP) is 3.46. The van der Waals surface area contributed by atoms with Crippen molar-refractivity contribution in [3.05, 3.63) is 64.2 Å². The first-order chi connectivity index (χ1) is 8.58. The SMILES string of the molecule is Cc1cnccc1C(O)Cc1ccc(F)cc1Cl. The van der Waals surface area contributed by atoms with Crippen LogP contribution in [0.5, 0.6) is 0 Å². The van der Waals surface area contributed by atoms with E-state index in [1.165, 1.54) is 12.1 Å². The molecule has 0 saturated heterocycles. The fourth-order valence-corrected chi connectivity index (χ4v) is 2.11. The molecule has 1 aromatic carbocycles. The first-order valence-corrected chi connectivity index (χ1v) is 5.98. The Kier molecular flexibility index (Phi) is 3.94. The van der Waals surface area contributed by atoms with E-state index in [2.05, 4.69) is 4.98 Å². The Morgan fingerprint density at radius 1 is 1.39 bits per heavy atom. The second-order valence-electron chi connectivity index (χ2n) is 4.19. The van der Waals surface area contributed by atoms with Crippen LogP contribution < -0.4 is 0 Å². The van der Waals surface area contributed by atoms with Crippen LogP contribution >= 0.6 is 11.6 Å². The highest BCUT2D eigenvalue weighted by Gasteiger charge is 2.13. The van der Waals surface area contributed by atoms with Crippen molar-refractivity contribution < 1.29 is 9.50 Å². The monoisotopic (exact) mass is 265 g/mol. The van der Waals surface area contributed by atoms with Crippen LogP contribution in [0.2, 0.25) is 5.02 Å². The van der Waals surface area contributed by atoms with Crippen LogP contribution in [0.4, 0.5) is 4.39 Å². The second-order valence-corrected chi connectivity index (χ2v) is 4.60. The van der Waals surface area contributed by atoms with Crippen molar-refractivity contribution in [1.29, 1.82) is 0 Å². The van der Waals surface area contributed by atoms with E-state index in [4.69, 9.17) is 11.6 Å². The molecule has 0 spiro atoms. The largest absolute Gasteiger partial charge is 0.388 e. The molecule has 2 rings (SSSR count). The Labute approximate surface area is 110 Å². The number of hydrogen-bond donors (Lipinski definition) is 1. The number of halogens is 2. The molecule has 0 aliphatic heterocycles. The van der Waals surface area contributed by atoms with Crippen molar-refractivity contribution in [2.45, 2.75) is 19.4 Å². The van der Waals surface area contributed by atoms with Gasteiger partial charge in [0.25, 0.3) is 0 Å². The standard InChI is InChI=1S/C14H13ClFNO/c1-9-8-17-5-4-12(9)14(18)6-10-2-3-11(16)7-13(10)15/h2-5,7-8,14,18H,6H2,1H3. The molecular weight excluding hydrogens is 253 g/mol. The van der Waals surface area contributed by atoms with Crippen LogP contribution in [-0.4, -0.2) is 10.1 Å². The molecular formula is C14H13ClFNO. The molecule has 0 radical (unpaired) electrons. The molecule has 18 heavy (non-hydrogen) atoms. The number of hydrogen-bond acceptors (Lipinski definition) is 2. The van der Waals surface area contributed by atoms with Crippen LogP contribution in [0.15, 0.2) is 36.7 Å². The molecule has 94 valence electrons. The van der Waals surface area contributed by atoms with Gasteiger partial charge in [0.15, 0.2) is 0 Å². The lowest BCUT2D eigenvalue weighted by Gasteiger charge is -2.14. The van der Waals surface area contributed by atoms with Crippen LogP contribution in [0.3, 0.4) is 0 Å². The van der Waals surface area contributed by atoms with Gasteiger partial charge < -0.3 is 5.11 Å². The van der Waals surface area contributed by atoms with Gasteiger partial charge in [-0.2, -0.15) is 0 Å². The van der Waals surface area contributed by atoms with Gasteiger partial charge in [-0.15, -0.1) is 0 Å². The molecule has 0 fully saturated rings. The summed E-state index contributed by atoms with van der Waals surface area (Å²) in [6.45, 7) is 1.89. The molecule has 1 N–H and O–H groups in total. The minimum Gasteiger partial charge on any atom is -0.388 e. The van der Waals surface area contributed by atoms with E-state index in [0.29, 0.717) is 11.4 Å². The zero-order chi connectivity index (χ0) is 13.1. The third kappa shape index (κ3) is 2.86. The minimum atomic E-state index is -0.670. The molecule has 1 unspecified atom stereocenters. The lowest BCUT2D eigenvalue weighted by atomic mass is 9.99. The minimum absolute atomic E-state index is 0.334. The summed E-state index contributed by atoms with van der Waals surface area (Å²) in [6, 6.07) is 5.96. The van der Waals surface area contributed by atoms with Gasteiger partial charge >= 0.3 is 0 Å². The maximum atomic E-state index is 12.9. The average molecular weight is 266 g/mol. The zero-order valence-electron chi connectivity index (χ0n) is 9.90. The smallest absolute Gasteiger partial charge is 0.124 e. The summed E-state index contributed by atoms with van der Waals surface area (Å²) in [7, 11) is 0. The fourth-order valence-electron chi connectivity index (χ4n) is 1.86. The number of nitrogens with zero attached hydrogens (tertiary/aromatic N) is 1. The lowest BCUT2D eigenvalue weighted by Crippen LogP contribution is -2.04. The maximum Gasteiger partial charge on any atom is 0.124 e. The normalized spacial score (nSPS) is 12.4. The van der Waals surface area contributed by atoms with Crippen molar-refractivity contribution >= 4 is 11.6 Å². The topological polar surface area (TPSA) is 33.1 Å². The summed E-state index contributed by atoms with van der Waals surface area (Å²) in [6.07, 6.45) is 3.02. The van der Waals surface area contributed by atoms with Crippen molar-refractivity contribution in [3.63, 3.8) is 0 Å². The van der Waals surface area contributed by atoms with Gasteiger partial charge in [0.05, 0.1) is 6.10 Å². The number of pyridine rings is 1. The Morgan fingerprint density at radius 2 is 2.17 bits per heavy atom. The highest BCUT2D eigenvalue weighted by atomic mass is 35.5. The first kappa shape index (κ1) is 13.0. The van der Waals surface area contributed by atoms with E-state index in [1.807, 2.05) is 6.92 Å². The highest BCUT2D eigenvalue weighted by Crippen LogP contribution is 2.25. The average Bonchev–Trinajstić information content (AvgIpc) is 2.33. The molecule has 0 saturated carbocycles. The van der Waals surface area contributed by atoms with E-state index in [9.17, 15) is 9.50 Å². The van der Waals surface area contributed by atoms with Gasteiger partial charge in [-0.1, -0.05) is 17.7 Å². The van der Waals surface area contributed by atoms with Crippen molar-refractivity contribution in [2.75, 3.05) is 0 Å². The molecule has 0 aliphatic carbocycles. The number of aliphatic hydroxyl groups excluding tert-OH is 1. The molecule has 0 aliphatic rings. The molecule has 2 nitrogen and oxygen atoms in total. The second kappa shape index (κ2) is 5.46. The number of benzene rings is 1. The summed E-state index contributed by atoms with van der Waals surface area (Å²) >= 11 is 5.94. The van der Waals surface area contributed by atoms with Crippen LogP contribution in [0, 0.1) is 12.7 Å². The Balaban J connectivity index is 2.21. The number of aliphatic hydroxyl groups is 1. The van der Waals surface area contributed by atoms with Crippen molar-refractivity contribution in [1.82, 2.24) is 4.98 Å². The van der Waals surface area contributed by atoms with Crippen molar-refractivity contribution in [3.8, 4) is 0 Å². The molecule has 0 amide bonds. The summed E-state index contributed by atoms with van der Waals surface area (Å²) in [5, 5.41) is 10.5. The van der Waals surface area contributed by atoms with E-state index < -0.39 is 6.10 Å². The van der Waals surface area contributed by atoms with Crippen LogP contribution in [-0.2, 0) is 6.42 Å². The zero-order valence-corrected chi connectivity index (χ0v) is 10.7. The van der Waals surface area contributed by atoms with E-state index in [0.717, 1.165) is 16.7 Å². The van der Waals surface area contributed by atoms with Gasteiger partial charge in [0, 0.05) is 23.8 Å². The third-order valence-electron chi connectivity index (χ3n) is 2.85. The van der Waals surface area contributed by atoms with Gasteiger partial charge in [0.2, 0.25) is 0 Å². The summed E-state index contributed by atoms with van der Waals surface area (Å²) in [4.78, 5) is 3.98. The molecule has 4 heteroatoms. The van der Waals surface area contributed by atoms with E-state index >= 15 is 0 Å². The van der Waals surface area contributed by atoms with E-state index in [1.54, 1.807) is 24.5 Å². The first-order valence-electron chi connectivity index (χ1n) is 5.60. The summed E-state index contributed by atoms with van der Waals surface area (Å²) < 4.78 is 12.9. The molecule has 1 heterocycles. The predicted molar refractivity (Wildman–Crippen MR) is 69.0 cm³/mol. The molecule has 1 aromatic heterocycles. The molecule has 2 aromatic rings. The Bertz CT molecular complexity index is 559. The Hall–Kier alpha value is -1.45. The van der Waals surface area contributed by atoms with E-state index in [-0.39, 0.29) is 5.82 Å². The van der Waals surface area contributed by atoms with Gasteiger partial charge in [-0.25, -0.2) is 4.39 Å². The van der Waals surface area contributed by atoms with Gasteiger partial charge in [-0.05, 0) is 41.8 Å². The third-order valence-corrected chi connectivity index (χ3v) is 3.20. The molecule has 1 atom stereocenters. The number of rotatable bonds is 3. The van der Waals surface area contributed by atoms with Gasteiger partial charge in [-0.3, -0.25) is 4.98 Å². The van der Waals surface area contributed by atoms with Gasteiger partial charge in [0.1, 0.15) is 5.82 Å². The molecule has 0 bridgehead atoms. The lowest BCUT2D eigenvalue weighted by molar-refractivity contribution is 0.177. The fraction of sp³-hybridized carbons (Fsp3) is 0.214. The number of aryl methyl sites for hydroxylation is 1. The maximum absolute atomic E-state index is 12.9. The summed E-state index contributed by atoms with van der Waals surface area (Å²) in [5.41, 5.74) is 2.45. The van der Waals surface area contributed by atoms with Crippen molar-refractivity contribution in [2.24, 2.45) is 0 Å².